The molecule has 4 N–H and O–H groups in total. The van der Waals surface area contributed by atoms with E-state index in [9.17, 15) is 4.79 Å². The molecule has 0 saturated heterocycles. The summed E-state index contributed by atoms with van der Waals surface area (Å²) in [6.07, 6.45) is 3.00. The molecule has 1 rings (SSSR count). The first-order chi connectivity index (χ1) is 7.58. The topological polar surface area (TPSA) is 67.2 Å². The van der Waals surface area contributed by atoms with Gasteiger partial charge in [-0.15, -0.1) is 0 Å². The molecule has 0 unspecified atom stereocenters. The van der Waals surface area contributed by atoms with E-state index >= 15 is 0 Å². The van der Waals surface area contributed by atoms with E-state index in [1.54, 1.807) is 30.3 Å². The van der Waals surface area contributed by atoms with E-state index in [2.05, 4.69) is 23.1 Å². The Morgan fingerprint density at radius 2 is 1.94 bits per heavy atom. The molecule has 0 saturated carbocycles. The zero-order valence-electron chi connectivity index (χ0n) is 8.24. The summed E-state index contributed by atoms with van der Waals surface area (Å²) in [6, 6.07) is 7.08. The molecule has 0 heterocycles. The second-order valence-corrected chi connectivity index (χ2v) is 3.74. The van der Waals surface area contributed by atoms with Crippen molar-refractivity contribution in [2.24, 2.45) is 5.73 Å². The first-order valence-corrected chi connectivity index (χ1v) is 5.15. The Morgan fingerprint density at radius 3 is 2.50 bits per heavy atom. The van der Waals surface area contributed by atoms with Gasteiger partial charge in [0.15, 0.2) is 5.11 Å². The van der Waals surface area contributed by atoms with Crippen LogP contribution in [0.2, 0.25) is 5.02 Å². The number of carbonyl (C=O) groups is 1. The minimum atomic E-state index is -0.345. The zero-order valence-corrected chi connectivity index (χ0v) is 9.81. The number of carbonyl (C=O) groups excluding carboxylic acids is 1. The van der Waals surface area contributed by atoms with E-state index in [0.29, 0.717) is 5.02 Å². The number of halogens is 1. The fourth-order valence-electron chi connectivity index (χ4n) is 0.911. The van der Waals surface area contributed by atoms with E-state index < -0.39 is 0 Å². The molecule has 84 valence electrons. The van der Waals surface area contributed by atoms with Crippen LogP contribution in [0.5, 0.6) is 0 Å². The maximum Gasteiger partial charge on any atom is 0.262 e. The highest BCUT2D eigenvalue weighted by Gasteiger charge is 1.94. The van der Waals surface area contributed by atoms with Gasteiger partial charge in [-0.2, -0.15) is 0 Å². The van der Waals surface area contributed by atoms with E-state index in [1.165, 1.54) is 6.08 Å². The normalized spacial score (nSPS) is 10.1. The van der Waals surface area contributed by atoms with Gasteiger partial charge < -0.3 is 5.73 Å². The second kappa shape index (κ2) is 6.09. The fourth-order valence-corrected chi connectivity index (χ4v) is 1.09. The third kappa shape index (κ3) is 4.77. The quantitative estimate of drug-likeness (QED) is 0.422. The molecule has 0 aliphatic carbocycles. The van der Waals surface area contributed by atoms with Crippen molar-refractivity contribution in [3.05, 3.63) is 40.9 Å². The predicted octanol–water partition coefficient (Wildman–Crippen LogP) is 1.22. The fraction of sp³-hybridized carbons (Fsp3) is 0. The zero-order chi connectivity index (χ0) is 12.0. The molecular weight excluding hydrogens is 246 g/mol. The van der Waals surface area contributed by atoms with Gasteiger partial charge in [0.25, 0.3) is 5.91 Å². The Kier molecular flexibility index (Phi) is 4.75. The Bertz CT molecular complexity index is 417. The molecule has 0 bridgehead atoms. The van der Waals surface area contributed by atoms with E-state index in [1.807, 2.05) is 0 Å². The van der Waals surface area contributed by atoms with Crippen LogP contribution in [0.4, 0.5) is 0 Å². The van der Waals surface area contributed by atoms with Gasteiger partial charge in [0.1, 0.15) is 0 Å². The number of rotatable bonds is 2. The van der Waals surface area contributed by atoms with Gasteiger partial charge in [-0.05, 0) is 36.0 Å². The highest BCUT2D eigenvalue weighted by molar-refractivity contribution is 7.80. The maximum atomic E-state index is 11.2. The summed E-state index contributed by atoms with van der Waals surface area (Å²) in [4.78, 5) is 11.2. The third-order valence-electron chi connectivity index (χ3n) is 1.61. The molecular formula is C10H10ClN3OS. The molecule has 1 aromatic rings. The minimum Gasteiger partial charge on any atom is -0.375 e. The molecule has 0 fully saturated rings. The van der Waals surface area contributed by atoms with Gasteiger partial charge in [-0.25, -0.2) is 0 Å². The lowest BCUT2D eigenvalue weighted by Gasteiger charge is -2.02. The smallest absolute Gasteiger partial charge is 0.262 e. The molecule has 1 aromatic carbocycles. The number of benzene rings is 1. The van der Waals surface area contributed by atoms with Crippen molar-refractivity contribution >= 4 is 40.9 Å². The Morgan fingerprint density at radius 1 is 1.31 bits per heavy atom. The molecule has 0 radical (unpaired) electrons. The van der Waals surface area contributed by atoms with Crippen molar-refractivity contribution in [2.75, 3.05) is 0 Å². The van der Waals surface area contributed by atoms with Crippen LogP contribution in [0.1, 0.15) is 5.56 Å². The van der Waals surface area contributed by atoms with Crippen LogP contribution in [0, 0.1) is 0 Å². The molecule has 1 amide bonds. The van der Waals surface area contributed by atoms with Crippen molar-refractivity contribution < 1.29 is 4.79 Å². The summed E-state index contributed by atoms with van der Waals surface area (Å²) in [7, 11) is 0. The number of hydrogen-bond donors (Lipinski definition) is 3. The number of nitrogens with one attached hydrogen (secondary N) is 2. The minimum absolute atomic E-state index is 0.00763. The monoisotopic (exact) mass is 255 g/mol. The second-order valence-electron chi connectivity index (χ2n) is 2.86. The van der Waals surface area contributed by atoms with Gasteiger partial charge in [0.05, 0.1) is 0 Å². The summed E-state index contributed by atoms with van der Waals surface area (Å²) in [5, 5.41) is 0.657. The van der Waals surface area contributed by atoms with Gasteiger partial charge >= 0.3 is 0 Å². The summed E-state index contributed by atoms with van der Waals surface area (Å²) < 4.78 is 0. The Balaban J connectivity index is 2.50. The lowest BCUT2D eigenvalue weighted by Crippen LogP contribution is -2.43. The molecule has 0 atom stereocenters. The highest BCUT2D eigenvalue weighted by Crippen LogP contribution is 2.10. The summed E-state index contributed by atoms with van der Waals surface area (Å²) in [5.41, 5.74) is 10.6. The Hall–Kier alpha value is -1.59. The van der Waals surface area contributed by atoms with Crippen LogP contribution in [0.25, 0.3) is 6.08 Å². The van der Waals surface area contributed by atoms with Crippen LogP contribution < -0.4 is 16.6 Å². The van der Waals surface area contributed by atoms with Crippen molar-refractivity contribution in [1.82, 2.24) is 10.9 Å². The Labute approximate surface area is 103 Å². The molecule has 6 heteroatoms. The molecule has 0 aromatic heterocycles. The first kappa shape index (κ1) is 12.5. The lowest BCUT2D eigenvalue weighted by molar-refractivity contribution is -0.116. The number of amides is 1. The average molecular weight is 256 g/mol. The van der Waals surface area contributed by atoms with Crippen molar-refractivity contribution in [3.8, 4) is 0 Å². The summed E-state index contributed by atoms with van der Waals surface area (Å²) in [6.45, 7) is 0. The average Bonchev–Trinajstić information content (AvgIpc) is 2.25. The molecule has 0 aliphatic rings. The van der Waals surface area contributed by atoms with Gasteiger partial charge in [0.2, 0.25) is 0 Å². The van der Waals surface area contributed by atoms with E-state index in [4.69, 9.17) is 17.3 Å². The first-order valence-electron chi connectivity index (χ1n) is 4.37. The van der Waals surface area contributed by atoms with E-state index in [-0.39, 0.29) is 11.0 Å². The lowest BCUT2D eigenvalue weighted by atomic mass is 10.2. The largest absolute Gasteiger partial charge is 0.375 e. The summed E-state index contributed by atoms with van der Waals surface area (Å²) in [5.74, 6) is -0.345. The number of thiocarbonyl (C=S) groups is 1. The molecule has 16 heavy (non-hydrogen) atoms. The van der Waals surface area contributed by atoms with Crippen molar-refractivity contribution in [2.45, 2.75) is 0 Å². The van der Waals surface area contributed by atoms with Crippen LogP contribution in [-0.2, 0) is 4.79 Å². The molecule has 0 aliphatic heterocycles. The van der Waals surface area contributed by atoms with Crippen molar-refractivity contribution in [1.29, 1.82) is 0 Å². The number of nitrogens with two attached hydrogens (primary N) is 1. The van der Waals surface area contributed by atoms with Gasteiger partial charge in [-0.1, -0.05) is 23.7 Å². The highest BCUT2D eigenvalue weighted by atomic mass is 35.5. The van der Waals surface area contributed by atoms with Crippen molar-refractivity contribution in [3.63, 3.8) is 0 Å². The predicted molar refractivity (Wildman–Crippen MR) is 68.5 cm³/mol. The maximum absolute atomic E-state index is 11.2. The van der Waals surface area contributed by atoms with Gasteiger partial charge in [0, 0.05) is 11.1 Å². The van der Waals surface area contributed by atoms with Crippen LogP contribution in [0.15, 0.2) is 30.3 Å². The van der Waals surface area contributed by atoms with Gasteiger partial charge in [-0.3, -0.25) is 15.6 Å². The standard InChI is InChI=1S/C10H10ClN3OS/c11-8-4-1-7(2-5-8)3-6-9(15)13-14-10(12)16/h1-6H,(H,13,15)(H3,12,14,16)/b6-3-. The number of hydrogen-bond acceptors (Lipinski definition) is 2. The van der Waals surface area contributed by atoms with Crippen LogP contribution >= 0.6 is 23.8 Å². The van der Waals surface area contributed by atoms with E-state index in [0.717, 1.165) is 5.56 Å². The summed E-state index contributed by atoms with van der Waals surface area (Å²) >= 11 is 10.2. The molecule has 0 spiro atoms. The number of hydrazine groups is 1. The third-order valence-corrected chi connectivity index (χ3v) is 1.96. The van der Waals surface area contributed by atoms with Crippen LogP contribution in [0.3, 0.4) is 0 Å². The molecule has 4 nitrogen and oxygen atoms in total. The SMILES string of the molecule is NC(=S)NNC(=O)/C=C\c1ccc(Cl)cc1. The van der Waals surface area contributed by atoms with Crippen LogP contribution in [-0.4, -0.2) is 11.0 Å².